The molecule has 0 fully saturated rings. The molecule has 1 heterocycles. The number of thiol groups is 1. The van der Waals surface area contributed by atoms with E-state index in [4.69, 9.17) is 0 Å². The van der Waals surface area contributed by atoms with Crippen molar-refractivity contribution in [3.8, 4) is 0 Å². The number of fused-ring (bicyclic) bond motifs is 1. The third kappa shape index (κ3) is 1.77. The maximum Gasteiger partial charge on any atom is 0.272 e. The summed E-state index contributed by atoms with van der Waals surface area (Å²) in [6.45, 7) is 0. The van der Waals surface area contributed by atoms with Crippen molar-refractivity contribution < 1.29 is 8.78 Å². The second-order valence-corrected chi connectivity index (χ2v) is 5.46. The van der Waals surface area contributed by atoms with Crippen molar-refractivity contribution in [1.29, 1.82) is 0 Å². The minimum Gasteiger partial charge on any atom is -0.204 e. The summed E-state index contributed by atoms with van der Waals surface area (Å²) in [4.78, 5) is 0.900. The smallest absolute Gasteiger partial charge is 0.204 e. The largest absolute Gasteiger partial charge is 0.272 e. The Morgan fingerprint density at radius 3 is 2.71 bits per heavy atom. The third-order valence-electron chi connectivity index (χ3n) is 1.85. The molecule has 0 nitrogen and oxygen atoms in total. The molecule has 0 spiro atoms. The number of rotatable bonds is 1. The Hall–Kier alpha value is 0.120. The van der Waals surface area contributed by atoms with Gasteiger partial charge in [0.2, 0.25) is 0 Å². The van der Waals surface area contributed by atoms with E-state index in [0.29, 0.717) is 0 Å². The van der Waals surface area contributed by atoms with E-state index in [1.807, 2.05) is 12.1 Å². The SMILES string of the molecule is FC(F)c1cc2ccc(I)c(S)c2s1. The van der Waals surface area contributed by atoms with Crippen LogP contribution in [0.3, 0.4) is 0 Å². The molecule has 0 N–H and O–H groups in total. The summed E-state index contributed by atoms with van der Waals surface area (Å²) in [6.07, 6.45) is -2.39. The summed E-state index contributed by atoms with van der Waals surface area (Å²) in [5, 5.41) is 0.843. The summed E-state index contributed by atoms with van der Waals surface area (Å²) in [6, 6.07) is 5.26. The number of alkyl halides is 2. The van der Waals surface area contributed by atoms with Crippen molar-refractivity contribution in [2.24, 2.45) is 0 Å². The van der Waals surface area contributed by atoms with Gasteiger partial charge in [0, 0.05) is 13.2 Å². The fourth-order valence-electron chi connectivity index (χ4n) is 1.19. The Balaban J connectivity index is 2.71. The molecule has 2 rings (SSSR count). The monoisotopic (exact) mass is 342 g/mol. The molecule has 5 heteroatoms. The Kier molecular flexibility index (Phi) is 2.99. The van der Waals surface area contributed by atoms with Crippen LogP contribution in [-0.4, -0.2) is 0 Å². The zero-order valence-corrected chi connectivity index (χ0v) is 10.7. The third-order valence-corrected chi connectivity index (χ3v) is 4.96. The first kappa shape index (κ1) is 10.6. The lowest BCUT2D eigenvalue weighted by atomic mass is 10.2. The molecular formula is C9H5F2IS2. The Morgan fingerprint density at radius 1 is 1.36 bits per heavy atom. The fraction of sp³-hybridized carbons (Fsp3) is 0.111. The highest BCUT2D eigenvalue weighted by Crippen LogP contribution is 2.37. The van der Waals surface area contributed by atoms with Gasteiger partial charge in [-0.25, -0.2) is 8.78 Å². The summed E-state index contributed by atoms with van der Waals surface area (Å²) < 4.78 is 26.7. The summed E-state index contributed by atoms with van der Waals surface area (Å²) >= 11 is 7.56. The van der Waals surface area contributed by atoms with Crippen molar-refractivity contribution in [1.82, 2.24) is 0 Å². The average molecular weight is 342 g/mol. The number of benzene rings is 1. The molecule has 1 aromatic carbocycles. The molecule has 0 bridgehead atoms. The second kappa shape index (κ2) is 3.94. The van der Waals surface area contributed by atoms with Gasteiger partial charge < -0.3 is 0 Å². The van der Waals surface area contributed by atoms with Crippen LogP contribution in [0.2, 0.25) is 0 Å². The minimum absolute atomic E-state index is 0.109. The van der Waals surface area contributed by atoms with Gasteiger partial charge in [-0.3, -0.25) is 0 Å². The number of halogens is 3. The van der Waals surface area contributed by atoms with Gasteiger partial charge in [-0.2, -0.15) is 0 Å². The zero-order valence-electron chi connectivity index (χ0n) is 6.80. The molecule has 74 valence electrons. The topological polar surface area (TPSA) is 0 Å². The molecule has 2 aromatic rings. The lowest BCUT2D eigenvalue weighted by molar-refractivity contribution is 0.156. The van der Waals surface area contributed by atoms with E-state index in [1.54, 1.807) is 0 Å². The van der Waals surface area contributed by atoms with Gasteiger partial charge >= 0.3 is 0 Å². The van der Waals surface area contributed by atoms with Crippen LogP contribution < -0.4 is 0 Å². The van der Waals surface area contributed by atoms with Crippen LogP contribution in [-0.2, 0) is 0 Å². The van der Waals surface area contributed by atoms with Crippen LogP contribution in [0.5, 0.6) is 0 Å². The van der Waals surface area contributed by atoms with Gasteiger partial charge in [0.25, 0.3) is 6.43 Å². The minimum atomic E-state index is -2.39. The molecule has 0 saturated carbocycles. The fourth-order valence-corrected chi connectivity index (χ4v) is 3.13. The predicted octanol–water partition coefficient (Wildman–Crippen LogP) is 4.73. The normalized spacial score (nSPS) is 11.5. The highest BCUT2D eigenvalue weighted by Gasteiger charge is 2.13. The first-order valence-electron chi connectivity index (χ1n) is 3.78. The van der Waals surface area contributed by atoms with E-state index >= 15 is 0 Å². The molecule has 0 atom stereocenters. The van der Waals surface area contributed by atoms with E-state index < -0.39 is 6.43 Å². The van der Waals surface area contributed by atoms with E-state index in [9.17, 15) is 8.78 Å². The van der Waals surface area contributed by atoms with Crippen molar-refractivity contribution in [2.75, 3.05) is 0 Å². The average Bonchev–Trinajstić information content (AvgIpc) is 2.56. The van der Waals surface area contributed by atoms with E-state index in [0.717, 1.165) is 29.9 Å². The molecule has 0 aliphatic rings. The van der Waals surface area contributed by atoms with Crippen LogP contribution >= 0.6 is 46.6 Å². The van der Waals surface area contributed by atoms with Gasteiger partial charge in [-0.1, -0.05) is 6.07 Å². The molecular weight excluding hydrogens is 337 g/mol. The zero-order chi connectivity index (χ0) is 10.3. The van der Waals surface area contributed by atoms with Crippen LogP contribution in [0.25, 0.3) is 10.1 Å². The molecule has 14 heavy (non-hydrogen) atoms. The van der Waals surface area contributed by atoms with E-state index in [1.165, 1.54) is 6.07 Å². The molecule has 0 radical (unpaired) electrons. The summed E-state index contributed by atoms with van der Waals surface area (Å²) in [7, 11) is 0. The standard InChI is InChI=1S/C9H5F2IS2/c10-9(11)6-3-4-1-2-5(12)7(13)8(4)14-6/h1-3,9,13H. The van der Waals surface area contributed by atoms with Crippen LogP contribution in [0, 0.1) is 3.57 Å². The van der Waals surface area contributed by atoms with Gasteiger partial charge in [0.1, 0.15) is 0 Å². The van der Waals surface area contributed by atoms with E-state index in [2.05, 4.69) is 35.2 Å². The Morgan fingerprint density at radius 2 is 2.07 bits per heavy atom. The molecule has 0 saturated heterocycles. The highest BCUT2D eigenvalue weighted by atomic mass is 127. The summed E-state index contributed by atoms with van der Waals surface area (Å²) in [5.74, 6) is 0. The van der Waals surface area contributed by atoms with E-state index in [-0.39, 0.29) is 4.88 Å². The maximum atomic E-state index is 12.4. The second-order valence-electron chi connectivity index (χ2n) is 2.76. The van der Waals surface area contributed by atoms with Crippen molar-refractivity contribution in [3.63, 3.8) is 0 Å². The molecule has 0 unspecified atom stereocenters. The van der Waals surface area contributed by atoms with Gasteiger partial charge in [0.15, 0.2) is 0 Å². The lowest BCUT2D eigenvalue weighted by Crippen LogP contribution is -1.73. The molecule has 0 aliphatic carbocycles. The first-order chi connectivity index (χ1) is 6.59. The Bertz CT molecular complexity index is 479. The van der Waals surface area contributed by atoms with Gasteiger partial charge in [-0.05, 0) is 40.1 Å². The molecule has 0 aliphatic heterocycles. The van der Waals surface area contributed by atoms with Crippen LogP contribution in [0.15, 0.2) is 23.1 Å². The molecule has 1 aromatic heterocycles. The highest BCUT2D eigenvalue weighted by molar-refractivity contribution is 14.1. The number of thiophene rings is 1. The quantitative estimate of drug-likeness (QED) is 0.562. The number of hydrogen-bond donors (Lipinski definition) is 1. The van der Waals surface area contributed by atoms with Gasteiger partial charge in [-0.15, -0.1) is 24.0 Å². The van der Waals surface area contributed by atoms with Crippen LogP contribution in [0.4, 0.5) is 8.78 Å². The first-order valence-corrected chi connectivity index (χ1v) is 6.13. The van der Waals surface area contributed by atoms with Crippen LogP contribution in [0.1, 0.15) is 11.3 Å². The summed E-state index contributed by atoms with van der Waals surface area (Å²) in [5.41, 5.74) is 0. The van der Waals surface area contributed by atoms with Crippen molar-refractivity contribution in [2.45, 2.75) is 11.3 Å². The number of hydrogen-bond acceptors (Lipinski definition) is 2. The van der Waals surface area contributed by atoms with Crippen molar-refractivity contribution >= 4 is 56.6 Å². The van der Waals surface area contributed by atoms with Gasteiger partial charge in [0.05, 0.1) is 4.88 Å². The molecule has 0 amide bonds. The predicted molar refractivity (Wildman–Crippen MR) is 66.8 cm³/mol. The van der Waals surface area contributed by atoms with Crippen molar-refractivity contribution in [3.05, 3.63) is 26.6 Å². The lowest BCUT2D eigenvalue weighted by Gasteiger charge is -1.96. The Labute approximate surface area is 103 Å². The maximum absolute atomic E-state index is 12.4.